The van der Waals surface area contributed by atoms with Gasteiger partial charge in [0.05, 0.1) is 0 Å². The van der Waals surface area contributed by atoms with Crippen LogP contribution < -0.4 is 21.4 Å². The molecule has 94 heavy (non-hydrogen) atoms. The van der Waals surface area contributed by atoms with Crippen LogP contribution in [0.2, 0.25) is 6.82 Å². The molecule has 12 heteroatoms. The van der Waals surface area contributed by atoms with E-state index in [1.54, 1.807) is 19.8 Å². The number of carbonyl (C=O) groups excluding carboxylic acids is 4. The van der Waals surface area contributed by atoms with Crippen LogP contribution in [0.1, 0.15) is 141 Å². The molecule has 9 nitrogen and oxygen atoms in total. The molecule has 8 aromatic carbocycles. The summed E-state index contributed by atoms with van der Waals surface area (Å²) >= 11 is 0. The number of allylic oxidation sites excluding steroid dienone is 3. The first-order chi connectivity index (χ1) is 45.5. The van der Waals surface area contributed by atoms with Gasteiger partial charge in [-0.15, -0.1) is 0 Å². The van der Waals surface area contributed by atoms with Gasteiger partial charge in [-0.25, -0.2) is 0 Å². The maximum absolute atomic E-state index is 11.8. The van der Waals surface area contributed by atoms with Gasteiger partial charge in [0.25, 0.3) is 0 Å². The molecular formula is C82H104BN4O5PS. The van der Waals surface area contributed by atoms with Crippen LogP contribution in [0.3, 0.4) is 0 Å². The van der Waals surface area contributed by atoms with Gasteiger partial charge in [-0.3, -0.25) is 24.3 Å². The third-order valence-corrected chi connectivity index (χ3v) is 17.0. The van der Waals surface area contributed by atoms with Crippen molar-refractivity contribution >= 4 is 55.9 Å². The third kappa shape index (κ3) is 26.3. The smallest absolute Gasteiger partial charge is 0.373 e. The molecule has 0 spiro atoms. The number of nitrogens with one attached hydrogen (secondary N) is 3. The number of ketones is 4. The lowest BCUT2D eigenvalue weighted by atomic mass is 9.64. The van der Waals surface area contributed by atoms with E-state index in [1.807, 2.05) is 86.6 Å². The Morgan fingerprint density at radius 2 is 0.862 bits per heavy atom. The fourth-order valence-electron chi connectivity index (χ4n) is 11.6. The molecule has 0 saturated heterocycles. The van der Waals surface area contributed by atoms with Crippen LogP contribution in [0.4, 0.5) is 0 Å². The van der Waals surface area contributed by atoms with Crippen molar-refractivity contribution in [1.82, 2.24) is 15.6 Å². The minimum atomic E-state index is -0.427. The molecule has 496 valence electrons. The number of Topliss-reactive ketones (excluding diaryl/α,β-unsaturated/α-hetero) is 2. The lowest BCUT2D eigenvalue weighted by Gasteiger charge is -2.41. The molecule has 2 fully saturated rings. The molecule has 3 aliphatic rings. The second-order valence-electron chi connectivity index (χ2n) is 23.7. The average Bonchev–Trinajstić information content (AvgIpc) is 0.792. The Labute approximate surface area is 569 Å². The average molecular weight is 1300 g/mol. The van der Waals surface area contributed by atoms with Crippen molar-refractivity contribution in [3.63, 3.8) is 0 Å². The molecule has 8 aromatic rings. The summed E-state index contributed by atoms with van der Waals surface area (Å²) in [6.07, 6.45) is 17.6. The first kappa shape index (κ1) is 78.9. The number of benzene rings is 8. The van der Waals surface area contributed by atoms with Gasteiger partial charge in [0.2, 0.25) is 0 Å². The zero-order valence-corrected chi connectivity index (χ0v) is 58.8. The third-order valence-electron chi connectivity index (χ3n) is 16.7. The van der Waals surface area contributed by atoms with Gasteiger partial charge in [-0.2, -0.15) is 10.5 Å². The summed E-state index contributed by atoms with van der Waals surface area (Å²) in [6, 6.07) is 83.6. The Bertz CT molecular complexity index is 3260. The number of hydrogen-bond donors (Lipinski definition) is 5. The maximum atomic E-state index is 11.8. The zero-order valence-electron chi connectivity index (χ0n) is 56.9. The molecular weight excluding hydrogens is 1190 g/mol. The van der Waals surface area contributed by atoms with Gasteiger partial charge in [-0.1, -0.05) is 284 Å². The number of nitrogens with two attached hydrogens (primary N) is 1. The lowest BCUT2D eigenvalue weighted by molar-refractivity contribution is -0.121. The number of hydrogen-bond acceptors (Lipinski definition) is 9. The molecule has 6 N–H and O–H groups in total. The van der Waals surface area contributed by atoms with Gasteiger partial charge in [0.1, 0.15) is 5.78 Å². The Morgan fingerprint density at radius 1 is 0.543 bits per heavy atom. The van der Waals surface area contributed by atoms with Crippen molar-refractivity contribution in [2.45, 2.75) is 121 Å². The quantitative estimate of drug-likeness (QED) is 0.0159. The molecule has 1 atom stereocenters. The first-order valence-corrected chi connectivity index (χ1v) is 35.8. The molecule has 0 aromatic heterocycles. The van der Waals surface area contributed by atoms with E-state index in [0.717, 1.165) is 43.5 Å². The molecule has 3 aliphatic carbocycles. The topological polar surface area (TPSA) is 151 Å². The Hall–Kier alpha value is -7.57. The minimum Gasteiger partial charge on any atom is -0.437 e. The van der Waals surface area contributed by atoms with Crippen molar-refractivity contribution in [3.8, 4) is 0 Å². The standard InChI is InChI=1S/C20H27N2P.C18H18O.C18H16O.C13H10O.C5H8O.C3H11BN2O.C3H8S.C2H6/c23-22-16-15-21-19-11-13-20(14-12-19,17-7-3-1-4-8-17)18-9-5-2-6-10-18;2*19-17-11-13-18(14-12-17,15-7-3-1-4-8-15)16-9-5-2-6-10-16;14-13(11-7-3-1-4-8-11)12-9-5-2-6-10-12;1-4(2)5(3)6;1-4(7)6-3-2-5;1-4(2)3;1-2/h1-10,19,21-22H,11-16,23H2;1-10H,11-14H2;1-11,13H,12,14H2;1-10H;1H2,2-3H3;6-7H,2-3,5H2,1H3;1H2,2-3H3;1-2H3. The predicted octanol–water partition coefficient (Wildman–Crippen LogP) is 16.6. The Morgan fingerprint density at radius 3 is 1.14 bits per heavy atom. The molecule has 0 heterocycles. The van der Waals surface area contributed by atoms with Crippen molar-refractivity contribution in [2.75, 3.05) is 38.7 Å². The van der Waals surface area contributed by atoms with E-state index in [9.17, 15) is 19.2 Å². The summed E-state index contributed by atoms with van der Waals surface area (Å²) in [5.74, 6) is 4.44. The van der Waals surface area contributed by atoms with E-state index in [1.165, 1.54) is 66.0 Å². The summed E-state index contributed by atoms with van der Waals surface area (Å²) in [7, 11) is 2.53. The summed E-state index contributed by atoms with van der Waals surface area (Å²) in [5, 5.41) is 18.1. The molecule has 0 aliphatic heterocycles. The monoisotopic (exact) mass is 1300 g/mol. The first-order valence-electron chi connectivity index (χ1n) is 33.0. The summed E-state index contributed by atoms with van der Waals surface area (Å²) in [4.78, 5) is 45.0. The van der Waals surface area contributed by atoms with Crippen LogP contribution >= 0.6 is 19.9 Å². The van der Waals surface area contributed by atoms with E-state index in [0.29, 0.717) is 60.2 Å². The van der Waals surface area contributed by atoms with Crippen molar-refractivity contribution in [2.24, 2.45) is 5.73 Å². The fraction of sp³-hybridized carbons (Fsp3) is 0.305. The van der Waals surface area contributed by atoms with E-state index < -0.39 is 7.05 Å². The number of carbonyl (C=O) groups is 4. The second kappa shape index (κ2) is 44.2. The Kier molecular flexibility index (Phi) is 37.1. The highest BCUT2D eigenvalue weighted by molar-refractivity contribution is 8.12. The normalized spacial score (nSPS) is 14.6. The molecule has 2 saturated carbocycles. The van der Waals surface area contributed by atoms with E-state index >= 15 is 0 Å². The van der Waals surface area contributed by atoms with Crippen LogP contribution in [-0.4, -0.2) is 85.8 Å². The highest BCUT2D eigenvalue weighted by atomic mass is 32.2. The van der Waals surface area contributed by atoms with E-state index in [-0.39, 0.29) is 33.6 Å². The van der Waals surface area contributed by atoms with Crippen LogP contribution in [0.15, 0.2) is 267 Å². The highest BCUT2D eigenvalue weighted by Crippen LogP contribution is 2.46. The van der Waals surface area contributed by atoms with Crippen LogP contribution in [0.5, 0.6) is 0 Å². The van der Waals surface area contributed by atoms with Crippen molar-refractivity contribution in [3.05, 3.63) is 311 Å². The minimum absolute atomic E-state index is 0.0242. The molecule has 0 bridgehead atoms. The summed E-state index contributed by atoms with van der Waals surface area (Å²) in [5.41, 5.74) is 15.4. The second-order valence-corrected chi connectivity index (χ2v) is 26.0. The maximum Gasteiger partial charge on any atom is 0.373 e. The fourth-order valence-corrected chi connectivity index (χ4v) is 11.8. The van der Waals surface area contributed by atoms with Crippen LogP contribution in [-0.2, 0) is 30.6 Å². The van der Waals surface area contributed by atoms with Gasteiger partial charge >= 0.3 is 7.05 Å². The molecule has 11 rings (SSSR count). The summed E-state index contributed by atoms with van der Waals surface area (Å²) < 4.78 is 0. The molecule has 0 amide bonds. The molecule has 0 radical (unpaired) electrons. The van der Waals surface area contributed by atoms with Gasteiger partial charge < -0.3 is 21.3 Å². The van der Waals surface area contributed by atoms with Gasteiger partial charge in [0, 0.05) is 72.3 Å². The Balaban J connectivity index is 0.000000246. The predicted molar refractivity (Wildman–Crippen MR) is 406 cm³/mol. The number of rotatable bonds is 16. The molecule has 1 unspecified atom stereocenters. The summed E-state index contributed by atoms with van der Waals surface area (Å²) in [6.45, 7) is 15.6. The highest BCUT2D eigenvalue weighted by Gasteiger charge is 2.39. The van der Waals surface area contributed by atoms with Crippen LogP contribution in [0.25, 0.3) is 0 Å². The van der Waals surface area contributed by atoms with Crippen molar-refractivity contribution < 1.29 is 24.2 Å². The van der Waals surface area contributed by atoms with Gasteiger partial charge in [0.15, 0.2) is 17.3 Å². The SMILES string of the molecule is C=C(C)C(C)=O.C=S(C)C.CB(O)NCCN.CC.O=C(c1ccccc1)c1ccccc1.O=C1C=CC(c2ccccc2)(c2ccccc2)CC1.O=C1CCC(c2ccccc2)(c2ccccc2)CC1.PNCCNC1CCC(c2ccccc2)(c2ccccc2)CC1. The van der Waals surface area contributed by atoms with Gasteiger partial charge in [-0.05, 0) is 130 Å². The van der Waals surface area contributed by atoms with E-state index in [4.69, 9.17) is 10.8 Å². The zero-order chi connectivity index (χ0) is 68.5. The van der Waals surface area contributed by atoms with Crippen molar-refractivity contribution in [1.29, 1.82) is 0 Å². The van der Waals surface area contributed by atoms with Crippen LogP contribution in [0, 0.1) is 0 Å². The lowest BCUT2D eigenvalue weighted by Crippen LogP contribution is -2.41. The van der Waals surface area contributed by atoms with E-state index in [2.05, 4.69) is 226 Å². The largest absolute Gasteiger partial charge is 0.437 e.